The highest BCUT2D eigenvalue weighted by Gasteiger charge is 2.46. The summed E-state index contributed by atoms with van der Waals surface area (Å²) in [5.74, 6) is 1.05. The van der Waals surface area contributed by atoms with Crippen molar-refractivity contribution in [1.29, 1.82) is 0 Å². The van der Waals surface area contributed by atoms with Crippen LogP contribution in [-0.2, 0) is 14.3 Å². The van der Waals surface area contributed by atoms with E-state index < -0.39 is 10.1 Å². The van der Waals surface area contributed by atoms with Gasteiger partial charge in [0.05, 0.1) is 12.4 Å². The van der Waals surface area contributed by atoms with Gasteiger partial charge >= 0.3 is 0 Å². The van der Waals surface area contributed by atoms with Crippen LogP contribution >= 0.6 is 0 Å². The highest BCUT2D eigenvalue weighted by molar-refractivity contribution is 7.87. The third-order valence-electron chi connectivity index (χ3n) is 3.28. The van der Waals surface area contributed by atoms with E-state index in [0.29, 0.717) is 11.8 Å². The second kappa shape index (κ2) is 2.70. The monoisotopic (exact) mass is 190 g/mol. The Morgan fingerprint density at radius 1 is 1.25 bits per heavy atom. The van der Waals surface area contributed by atoms with Gasteiger partial charge in [0.2, 0.25) is 0 Å². The van der Waals surface area contributed by atoms with Crippen molar-refractivity contribution >= 4 is 10.1 Å². The zero-order valence-electron chi connectivity index (χ0n) is 7.19. The summed E-state index contributed by atoms with van der Waals surface area (Å²) in [6.07, 6.45) is 4.24. The number of hydrogen-bond acceptors (Lipinski definition) is 3. The fourth-order valence-corrected chi connectivity index (χ4v) is 4.14. The molecule has 2 fully saturated rings. The lowest BCUT2D eigenvalue weighted by Crippen LogP contribution is -2.27. The minimum atomic E-state index is -3.23. The summed E-state index contributed by atoms with van der Waals surface area (Å²) in [5.41, 5.74) is 0. The first-order chi connectivity index (χ1) is 5.63. The zero-order valence-corrected chi connectivity index (χ0v) is 8.01. The van der Waals surface area contributed by atoms with Crippen molar-refractivity contribution < 1.29 is 12.6 Å². The second-order valence-corrected chi connectivity index (χ2v) is 5.80. The Morgan fingerprint density at radius 3 is 2.42 bits per heavy atom. The Hall–Kier alpha value is -0.0900. The fourth-order valence-electron chi connectivity index (χ4n) is 2.66. The van der Waals surface area contributed by atoms with Crippen molar-refractivity contribution in [1.82, 2.24) is 0 Å². The van der Waals surface area contributed by atoms with Crippen LogP contribution < -0.4 is 0 Å². The third kappa shape index (κ3) is 1.17. The molecule has 0 aromatic rings. The molecule has 0 aliphatic heterocycles. The molecule has 0 radical (unpaired) electrons. The summed E-state index contributed by atoms with van der Waals surface area (Å²) in [4.78, 5) is 0. The molecule has 0 aromatic heterocycles. The molecule has 2 rings (SSSR count). The second-order valence-electron chi connectivity index (χ2n) is 3.87. The molecule has 3 nitrogen and oxygen atoms in total. The van der Waals surface area contributed by atoms with E-state index >= 15 is 0 Å². The normalized spacial score (nSPS) is 40.6. The van der Waals surface area contributed by atoms with Crippen LogP contribution in [0.5, 0.6) is 0 Å². The Kier molecular flexibility index (Phi) is 1.92. The van der Waals surface area contributed by atoms with Gasteiger partial charge in [0, 0.05) is 0 Å². The van der Waals surface area contributed by atoms with E-state index in [-0.39, 0.29) is 5.25 Å². The molecule has 3 unspecified atom stereocenters. The maximum Gasteiger partial charge on any atom is 0.270 e. The van der Waals surface area contributed by atoms with Crippen LogP contribution in [0.15, 0.2) is 0 Å². The van der Waals surface area contributed by atoms with Crippen molar-refractivity contribution in [3.8, 4) is 0 Å². The molecule has 0 heterocycles. The number of hydrogen-bond donors (Lipinski definition) is 0. The van der Waals surface area contributed by atoms with E-state index in [4.69, 9.17) is 0 Å². The maximum atomic E-state index is 11.4. The molecule has 2 bridgehead atoms. The molecule has 0 amide bonds. The third-order valence-corrected chi connectivity index (χ3v) is 5.06. The first-order valence-corrected chi connectivity index (χ1v) is 5.90. The van der Waals surface area contributed by atoms with Crippen LogP contribution in [0.4, 0.5) is 0 Å². The van der Waals surface area contributed by atoms with Crippen molar-refractivity contribution in [2.75, 3.05) is 7.11 Å². The molecule has 4 heteroatoms. The molecule has 2 saturated carbocycles. The Balaban J connectivity index is 2.17. The summed E-state index contributed by atoms with van der Waals surface area (Å²) in [5, 5.41) is -0.193. The number of fused-ring (bicyclic) bond motifs is 2. The first-order valence-electron chi connectivity index (χ1n) is 4.43. The van der Waals surface area contributed by atoms with Gasteiger partial charge in [-0.05, 0) is 31.1 Å². The molecule has 0 saturated heterocycles. The van der Waals surface area contributed by atoms with Crippen LogP contribution in [0.25, 0.3) is 0 Å². The topological polar surface area (TPSA) is 43.4 Å². The van der Waals surface area contributed by atoms with E-state index in [2.05, 4.69) is 4.18 Å². The summed E-state index contributed by atoms with van der Waals surface area (Å²) >= 11 is 0. The maximum absolute atomic E-state index is 11.4. The SMILES string of the molecule is COS(=O)(=O)C1CC2CCC1C2. The van der Waals surface area contributed by atoms with Crippen LogP contribution in [0, 0.1) is 11.8 Å². The lowest BCUT2D eigenvalue weighted by molar-refractivity contribution is 0.363. The molecule has 0 spiro atoms. The van der Waals surface area contributed by atoms with Gasteiger partial charge in [-0.25, -0.2) is 0 Å². The van der Waals surface area contributed by atoms with Crippen LogP contribution in [0.3, 0.4) is 0 Å². The highest BCUT2D eigenvalue weighted by atomic mass is 32.2. The quantitative estimate of drug-likeness (QED) is 0.613. The van der Waals surface area contributed by atoms with Crippen LogP contribution in [0.1, 0.15) is 25.7 Å². The molecule has 3 atom stereocenters. The molecule has 70 valence electrons. The number of rotatable bonds is 2. The van der Waals surface area contributed by atoms with E-state index in [1.165, 1.54) is 13.5 Å². The minimum Gasteiger partial charge on any atom is -0.273 e. The van der Waals surface area contributed by atoms with E-state index in [9.17, 15) is 8.42 Å². The highest BCUT2D eigenvalue weighted by Crippen LogP contribution is 2.47. The lowest BCUT2D eigenvalue weighted by atomic mass is 10.0. The van der Waals surface area contributed by atoms with Crippen molar-refractivity contribution in [3.63, 3.8) is 0 Å². The summed E-state index contributed by atoms with van der Waals surface area (Å²) in [7, 11) is -1.96. The molecule has 2 aliphatic rings. The predicted molar refractivity (Wildman–Crippen MR) is 45.2 cm³/mol. The summed E-state index contributed by atoms with van der Waals surface area (Å²) < 4.78 is 27.3. The van der Waals surface area contributed by atoms with Crippen LogP contribution in [0.2, 0.25) is 0 Å². The molecule has 0 aromatic carbocycles. The molecular formula is C8H14O3S. The van der Waals surface area contributed by atoms with Gasteiger partial charge in [0.15, 0.2) is 0 Å². The van der Waals surface area contributed by atoms with Gasteiger partial charge in [0.25, 0.3) is 10.1 Å². The lowest BCUT2D eigenvalue weighted by Gasteiger charge is -2.19. The smallest absolute Gasteiger partial charge is 0.270 e. The van der Waals surface area contributed by atoms with E-state index in [1.54, 1.807) is 0 Å². The van der Waals surface area contributed by atoms with Gasteiger partial charge in [-0.1, -0.05) is 6.42 Å². The minimum absolute atomic E-state index is 0.193. The summed E-state index contributed by atoms with van der Waals surface area (Å²) in [6, 6.07) is 0. The Bertz CT molecular complexity index is 270. The Labute approximate surface area is 73.2 Å². The zero-order chi connectivity index (χ0) is 8.77. The molecule has 0 N–H and O–H groups in total. The predicted octanol–water partition coefficient (Wildman–Crippen LogP) is 1.15. The molecular weight excluding hydrogens is 176 g/mol. The van der Waals surface area contributed by atoms with Crippen molar-refractivity contribution in [2.24, 2.45) is 11.8 Å². The van der Waals surface area contributed by atoms with Gasteiger partial charge < -0.3 is 0 Å². The van der Waals surface area contributed by atoms with Gasteiger partial charge in [-0.3, -0.25) is 4.18 Å². The van der Waals surface area contributed by atoms with Crippen molar-refractivity contribution in [2.45, 2.75) is 30.9 Å². The van der Waals surface area contributed by atoms with Gasteiger partial charge in [0.1, 0.15) is 0 Å². The average molecular weight is 190 g/mol. The molecule has 2 aliphatic carbocycles. The van der Waals surface area contributed by atoms with Crippen LogP contribution in [-0.4, -0.2) is 20.8 Å². The van der Waals surface area contributed by atoms with E-state index in [0.717, 1.165) is 19.3 Å². The largest absolute Gasteiger partial charge is 0.273 e. The van der Waals surface area contributed by atoms with Crippen molar-refractivity contribution in [3.05, 3.63) is 0 Å². The van der Waals surface area contributed by atoms with E-state index in [1.807, 2.05) is 0 Å². The Morgan fingerprint density at radius 2 is 2.00 bits per heavy atom. The standard InChI is InChI=1S/C8H14O3S/c1-11-12(9,10)8-5-6-2-3-7(8)4-6/h6-8H,2-5H2,1H3. The summed E-state index contributed by atoms with van der Waals surface area (Å²) in [6.45, 7) is 0. The average Bonchev–Trinajstić information content (AvgIpc) is 2.64. The fraction of sp³-hybridized carbons (Fsp3) is 1.00. The van der Waals surface area contributed by atoms with Gasteiger partial charge in [-0.15, -0.1) is 0 Å². The first kappa shape index (κ1) is 8.51. The molecule has 12 heavy (non-hydrogen) atoms. The van der Waals surface area contributed by atoms with Gasteiger partial charge in [-0.2, -0.15) is 8.42 Å².